The average Bonchev–Trinajstić information content (AvgIpc) is 2.65. The second kappa shape index (κ2) is 8.52. The summed E-state index contributed by atoms with van der Waals surface area (Å²) in [7, 11) is 0. The molecule has 138 valence electrons. The zero-order chi connectivity index (χ0) is 17.6. The molecule has 3 heterocycles. The first-order valence-electron chi connectivity index (χ1n) is 8.61. The smallest absolute Gasteiger partial charge is 0.234 e. The molecular weight excluding hydrogens is 326 g/mol. The van der Waals surface area contributed by atoms with Gasteiger partial charge in [0, 0.05) is 45.2 Å². The van der Waals surface area contributed by atoms with Crippen LogP contribution in [-0.2, 0) is 9.53 Å². The number of ether oxygens (including phenoxy) is 1. The fourth-order valence-corrected chi connectivity index (χ4v) is 3.21. The average molecular weight is 351 g/mol. The Morgan fingerprint density at radius 1 is 1.28 bits per heavy atom. The molecule has 2 aliphatic rings. The zero-order valence-electron chi connectivity index (χ0n) is 14.1. The lowest BCUT2D eigenvalue weighted by Gasteiger charge is -2.36. The molecule has 0 saturated carbocycles. The number of nitrogens with one attached hydrogen (secondary N) is 1. The molecule has 0 unspecified atom stereocenters. The van der Waals surface area contributed by atoms with Gasteiger partial charge in [-0.25, -0.2) is 9.97 Å². The van der Waals surface area contributed by atoms with E-state index in [2.05, 4.69) is 25.1 Å². The van der Waals surface area contributed by atoms with E-state index in [9.17, 15) is 15.0 Å². The number of piperazine rings is 1. The van der Waals surface area contributed by atoms with Gasteiger partial charge in [-0.1, -0.05) is 0 Å². The number of rotatable bonds is 5. The Hall–Kier alpha value is -1.81. The number of amides is 1. The number of aliphatic hydroxyl groups excluding tert-OH is 2. The summed E-state index contributed by atoms with van der Waals surface area (Å²) >= 11 is 0. The number of hydrogen-bond donors (Lipinski definition) is 3. The van der Waals surface area contributed by atoms with Crippen molar-refractivity contribution in [2.24, 2.45) is 0 Å². The minimum atomic E-state index is -0.880. The Labute approximate surface area is 146 Å². The van der Waals surface area contributed by atoms with Crippen molar-refractivity contribution >= 4 is 11.9 Å². The summed E-state index contributed by atoms with van der Waals surface area (Å²) in [5.41, 5.74) is 0. The first-order chi connectivity index (χ1) is 12.2. The van der Waals surface area contributed by atoms with Crippen LogP contribution in [0.25, 0.3) is 0 Å². The Balaban J connectivity index is 1.43. The number of aliphatic hydroxyl groups is 2. The molecule has 9 heteroatoms. The van der Waals surface area contributed by atoms with Crippen molar-refractivity contribution in [3.05, 3.63) is 18.5 Å². The Morgan fingerprint density at radius 3 is 2.68 bits per heavy atom. The first-order valence-corrected chi connectivity index (χ1v) is 8.61. The van der Waals surface area contributed by atoms with Gasteiger partial charge in [-0.15, -0.1) is 0 Å². The third kappa shape index (κ3) is 4.63. The standard InChI is InChI=1S/C16H25N5O4/c22-11-13-15(24)12(2-9-25-13)19-14(23)10-20-5-7-21(8-6-20)16-17-3-1-4-18-16/h1,3-4,12-13,15,22,24H,2,5-11H2,(H,19,23)/t12-,13+,15-/m0/s1. The minimum Gasteiger partial charge on any atom is -0.394 e. The van der Waals surface area contributed by atoms with Gasteiger partial charge < -0.3 is 25.2 Å². The SMILES string of the molecule is O=C(CN1CCN(c2ncccn2)CC1)N[C@H]1CCO[C@H](CO)[C@H]1O. The number of carbonyl (C=O) groups excluding carboxylic acids is 1. The van der Waals surface area contributed by atoms with Crippen LogP contribution in [0.15, 0.2) is 18.5 Å². The summed E-state index contributed by atoms with van der Waals surface area (Å²) < 4.78 is 5.28. The van der Waals surface area contributed by atoms with Crippen molar-refractivity contribution < 1.29 is 19.7 Å². The monoisotopic (exact) mass is 351 g/mol. The van der Waals surface area contributed by atoms with Gasteiger partial charge in [-0.2, -0.15) is 0 Å². The predicted molar refractivity (Wildman–Crippen MR) is 90.1 cm³/mol. The first kappa shape index (κ1) is 18.0. The van der Waals surface area contributed by atoms with Gasteiger partial charge in [0.05, 0.1) is 19.2 Å². The molecule has 0 bridgehead atoms. The lowest BCUT2D eigenvalue weighted by molar-refractivity contribution is -0.132. The molecule has 25 heavy (non-hydrogen) atoms. The molecule has 0 aromatic carbocycles. The molecule has 2 fully saturated rings. The summed E-state index contributed by atoms with van der Waals surface area (Å²) in [5.74, 6) is 0.596. The maximum absolute atomic E-state index is 12.3. The van der Waals surface area contributed by atoms with Crippen LogP contribution in [0.2, 0.25) is 0 Å². The van der Waals surface area contributed by atoms with E-state index in [1.54, 1.807) is 18.5 Å². The van der Waals surface area contributed by atoms with Crippen LogP contribution >= 0.6 is 0 Å². The van der Waals surface area contributed by atoms with Gasteiger partial charge in [-0.05, 0) is 12.5 Å². The van der Waals surface area contributed by atoms with Gasteiger partial charge in [-0.3, -0.25) is 9.69 Å². The molecule has 1 aromatic rings. The highest BCUT2D eigenvalue weighted by atomic mass is 16.5. The number of carbonyl (C=O) groups is 1. The highest BCUT2D eigenvalue weighted by Crippen LogP contribution is 2.15. The van der Waals surface area contributed by atoms with Crippen LogP contribution in [-0.4, -0.2) is 95.2 Å². The van der Waals surface area contributed by atoms with Crippen molar-refractivity contribution in [3.63, 3.8) is 0 Å². The second-order valence-electron chi connectivity index (χ2n) is 6.36. The van der Waals surface area contributed by atoms with Crippen molar-refractivity contribution in [1.29, 1.82) is 0 Å². The van der Waals surface area contributed by atoms with Gasteiger partial charge >= 0.3 is 0 Å². The summed E-state index contributed by atoms with van der Waals surface area (Å²) in [5, 5.41) is 22.1. The van der Waals surface area contributed by atoms with Crippen LogP contribution in [0.1, 0.15) is 6.42 Å². The molecule has 2 aliphatic heterocycles. The molecule has 9 nitrogen and oxygen atoms in total. The lowest BCUT2D eigenvalue weighted by Crippen LogP contribution is -2.56. The molecule has 3 N–H and O–H groups in total. The van der Waals surface area contributed by atoms with Crippen molar-refractivity contribution in [2.75, 3.05) is 50.8 Å². The number of hydrogen-bond acceptors (Lipinski definition) is 8. The van der Waals surface area contributed by atoms with E-state index in [0.29, 0.717) is 19.0 Å². The van der Waals surface area contributed by atoms with E-state index in [4.69, 9.17) is 4.74 Å². The molecule has 1 aromatic heterocycles. The summed E-state index contributed by atoms with van der Waals surface area (Å²) in [6, 6.07) is 1.41. The van der Waals surface area contributed by atoms with Gasteiger partial charge in [0.2, 0.25) is 11.9 Å². The summed E-state index contributed by atoms with van der Waals surface area (Å²) in [4.78, 5) is 24.9. The van der Waals surface area contributed by atoms with Crippen LogP contribution < -0.4 is 10.2 Å². The Bertz CT molecular complexity index is 553. The fraction of sp³-hybridized carbons (Fsp3) is 0.688. The quantitative estimate of drug-likeness (QED) is 0.571. The highest BCUT2D eigenvalue weighted by Gasteiger charge is 2.33. The number of anilines is 1. The molecule has 3 rings (SSSR count). The number of nitrogens with zero attached hydrogens (tertiary/aromatic N) is 4. The maximum Gasteiger partial charge on any atom is 0.234 e. The largest absolute Gasteiger partial charge is 0.394 e. The van der Waals surface area contributed by atoms with E-state index in [0.717, 1.165) is 26.2 Å². The van der Waals surface area contributed by atoms with Crippen molar-refractivity contribution in [2.45, 2.75) is 24.7 Å². The summed E-state index contributed by atoms with van der Waals surface area (Å²) in [6.07, 6.45) is 2.48. The van der Waals surface area contributed by atoms with E-state index in [1.807, 2.05) is 0 Å². The molecule has 0 radical (unpaired) electrons. The molecule has 0 aliphatic carbocycles. The molecule has 1 amide bonds. The molecule has 3 atom stereocenters. The van der Waals surface area contributed by atoms with E-state index in [-0.39, 0.29) is 25.1 Å². The topological polar surface area (TPSA) is 111 Å². The minimum absolute atomic E-state index is 0.118. The number of aromatic nitrogens is 2. The fourth-order valence-electron chi connectivity index (χ4n) is 3.21. The molecule has 0 spiro atoms. The third-order valence-corrected chi connectivity index (χ3v) is 4.65. The van der Waals surface area contributed by atoms with Gasteiger partial charge in [0.25, 0.3) is 0 Å². The van der Waals surface area contributed by atoms with Crippen LogP contribution in [0.5, 0.6) is 0 Å². The third-order valence-electron chi connectivity index (χ3n) is 4.65. The van der Waals surface area contributed by atoms with Crippen molar-refractivity contribution in [1.82, 2.24) is 20.2 Å². The Morgan fingerprint density at radius 2 is 2.00 bits per heavy atom. The van der Waals surface area contributed by atoms with E-state index < -0.39 is 12.2 Å². The normalized spacial score (nSPS) is 27.9. The lowest BCUT2D eigenvalue weighted by atomic mass is 10.00. The maximum atomic E-state index is 12.3. The van der Waals surface area contributed by atoms with Gasteiger partial charge in [0.15, 0.2) is 0 Å². The van der Waals surface area contributed by atoms with E-state index in [1.165, 1.54) is 0 Å². The van der Waals surface area contributed by atoms with Crippen LogP contribution in [0.3, 0.4) is 0 Å². The van der Waals surface area contributed by atoms with Crippen LogP contribution in [0, 0.1) is 0 Å². The highest BCUT2D eigenvalue weighted by molar-refractivity contribution is 5.78. The summed E-state index contributed by atoms with van der Waals surface area (Å²) in [6.45, 7) is 3.49. The van der Waals surface area contributed by atoms with Crippen molar-refractivity contribution in [3.8, 4) is 0 Å². The van der Waals surface area contributed by atoms with Crippen LogP contribution in [0.4, 0.5) is 5.95 Å². The Kier molecular flexibility index (Phi) is 6.14. The predicted octanol–water partition coefficient (Wildman–Crippen LogP) is -1.77. The van der Waals surface area contributed by atoms with E-state index >= 15 is 0 Å². The molecule has 2 saturated heterocycles. The zero-order valence-corrected chi connectivity index (χ0v) is 14.1. The second-order valence-corrected chi connectivity index (χ2v) is 6.36. The molecular formula is C16H25N5O4. The van der Waals surface area contributed by atoms with Gasteiger partial charge in [0.1, 0.15) is 12.2 Å².